The Labute approximate surface area is 105 Å². The van der Waals surface area contributed by atoms with E-state index < -0.39 is 0 Å². The van der Waals surface area contributed by atoms with Crippen molar-refractivity contribution in [3.05, 3.63) is 35.4 Å². The van der Waals surface area contributed by atoms with Gasteiger partial charge in [-0.15, -0.1) is 11.6 Å². The second kappa shape index (κ2) is 4.41. The van der Waals surface area contributed by atoms with Gasteiger partial charge in [0, 0.05) is 0 Å². The van der Waals surface area contributed by atoms with Crippen LogP contribution in [0.15, 0.2) is 24.3 Å². The molecule has 0 saturated carbocycles. The van der Waals surface area contributed by atoms with Crippen molar-refractivity contribution in [3.63, 3.8) is 0 Å². The van der Waals surface area contributed by atoms with Crippen LogP contribution in [-0.4, -0.2) is 0 Å². The fourth-order valence-corrected chi connectivity index (χ4v) is 1.80. The van der Waals surface area contributed by atoms with Crippen LogP contribution in [0.1, 0.15) is 58.0 Å². The molecule has 1 aromatic rings. The van der Waals surface area contributed by atoms with Gasteiger partial charge in [-0.3, -0.25) is 0 Å². The van der Waals surface area contributed by atoms with E-state index in [1.807, 2.05) is 0 Å². The minimum atomic E-state index is 0.0709. The van der Waals surface area contributed by atoms with Crippen molar-refractivity contribution in [2.75, 3.05) is 0 Å². The van der Waals surface area contributed by atoms with E-state index in [1.54, 1.807) is 0 Å². The zero-order valence-electron chi connectivity index (χ0n) is 11.3. The molecule has 1 atom stereocenters. The molecule has 0 nitrogen and oxygen atoms in total. The molecule has 0 aliphatic rings. The first kappa shape index (κ1) is 13.6. The van der Waals surface area contributed by atoms with Crippen LogP contribution < -0.4 is 0 Å². The van der Waals surface area contributed by atoms with Gasteiger partial charge < -0.3 is 0 Å². The normalized spacial score (nSPS) is 14.9. The van der Waals surface area contributed by atoms with E-state index in [9.17, 15) is 0 Å². The highest BCUT2D eigenvalue weighted by atomic mass is 35.5. The van der Waals surface area contributed by atoms with Crippen molar-refractivity contribution < 1.29 is 0 Å². The van der Waals surface area contributed by atoms with Crippen molar-refractivity contribution >= 4 is 11.6 Å². The zero-order valence-corrected chi connectivity index (χ0v) is 12.0. The van der Waals surface area contributed by atoms with Gasteiger partial charge in [0.1, 0.15) is 0 Å². The second-order valence-corrected chi connectivity index (χ2v) is 7.04. The summed E-state index contributed by atoms with van der Waals surface area (Å²) in [6.07, 6.45) is 0. The summed E-state index contributed by atoms with van der Waals surface area (Å²) in [4.78, 5) is 0. The van der Waals surface area contributed by atoms with Gasteiger partial charge in [-0.1, -0.05) is 65.8 Å². The molecule has 1 heteroatoms. The standard InChI is InChI=1S/C15H23Cl/c1-14(2,3)12-9-7-11(8-10-12)13(16)15(4,5)6/h7-10,13H,1-6H3. The van der Waals surface area contributed by atoms with Crippen molar-refractivity contribution in [1.29, 1.82) is 0 Å². The van der Waals surface area contributed by atoms with Gasteiger partial charge in [0.05, 0.1) is 5.38 Å². The largest absolute Gasteiger partial charge is 0.117 e. The lowest BCUT2D eigenvalue weighted by atomic mass is 9.84. The molecule has 0 fully saturated rings. The smallest absolute Gasteiger partial charge is 0.0633 e. The Morgan fingerprint density at radius 3 is 1.62 bits per heavy atom. The molecule has 16 heavy (non-hydrogen) atoms. The van der Waals surface area contributed by atoms with Crippen LogP contribution in [0.2, 0.25) is 0 Å². The fraction of sp³-hybridized carbons (Fsp3) is 0.600. The average Bonchev–Trinajstić information content (AvgIpc) is 2.14. The summed E-state index contributed by atoms with van der Waals surface area (Å²) in [5.74, 6) is 0. The van der Waals surface area contributed by atoms with Gasteiger partial charge in [0.15, 0.2) is 0 Å². The lowest BCUT2D eigenvalue weighted by Gasteiger charge is -2.26. The zero-order chi connectivity index (χ0) is 12.6. The molecule has 0 heterocycles. The number of alkyl halides is 1. The molecule has 0 amide bonds. The Hall–Kier alpha value is -0.490. The molecule has 0 aromatic heterocycles. The summed E-state index contributed by atoms with van der Waals surface area (Å²) < 4.78 is 0. The first-order valence-electron chi connectivity index (χ1n) is 5.87. The highest BCUT2D eigenvalue weighted by Crippen LogP contribution is 2.38. The van der Waals surface area contributed by atoms with Crippen LogP contribution in [0.4, 0.5) is 0 Å². The second-order valence-electron chi connectivity index (χ2n) is 6.60. The highest BCUT2D eigenvalue weighted by Gasteiger charge is 2.24. The van der Waals surface area contributed by atoms with E-state index in [0.717, 1.165) is 0 Å². The summed E-state index contributed by atoms with van der Waals surface area (Å²) in [7, 11) is 0. The number of benzene rings is 1. The van der Waals surface area contributed by atoms with Crippen LogP contribution in [0, 0.1) is 5.41 Å². The number of rotatable bonds is 1. The Morgan fingerprint density at radius 1 is 0.875 bits per heavy atom. The predicted molar refractivity (Wildman–Crippen MR) is 73.2 cm³/mol. The monoisotopic (exact) mass is 238 g/mol. The highest BCUT2D eigenvalue weighted by molar-refractivity contribution is 6.21. The molecule has 0 bridgehead atoms. The maximum Gasteiger partial charge on any atom is 0.0633 e. The Balaban J connectivity index is 2.96. The number of hydrogen-bond donors (Lipinski definition) is 0. The van der Waals surface area contributed by atoms with Crippen LogP contribution in [0.5, 0.6) is 0 Å². The van der Waals surface area contributed by atoms with E-state index in [1.165, 1.54) is 11.1 Å². The molecule has 0 aliphatic carbocycles. The molecule has 1 unspecified atom stereocenters. The lowest BCUT2D eigenvalue weighted by molar-refractivity contribution is 0.395. The molecular weight excluding hydrogens is 216 g/mol. The molecule has 0 aliphatic heterocycles. The van der Waals surface area contributed by atoms with Crippen LogP contribution >= 0.6 is 11.6 Å². The van der Waals surface area contributed by atoms with Crippen molar-refractivity contribution in [3.8, 4) is 0 Å². The molecule has 0 saturated heterocycles. The predicted octanol–water partition coefficient (Wildman–Crippen LogP) is 5.31. The number of halogens is 1. The summed E-state index contributed by atoms with van der Waals surface area (Å²) in [5, 5.41) is 0.0709. The summed E-state index contributed by atoms with van der Waals surface area (Å²) in [6.45, 7) is 13.2. The molecule has 0 N–H and O–H groups in total. The van der Waals surface area contributed by atoms with E-state index in [2.05, 4.69) is 65.8 Å². The van der Waals surface area contributed by atoms with Gasteiger partial charge in [-0.2, -0.15) is 0 Å². The minimum Gasteiger partial charge on any atom is -0.117 e. The molecule has 1 rings (SSSR count). The first-order valence-corrected chi connectivity index (χ1v) is 6.30. The molecule has 1 aromatic carbocycles. The van der Waals surface area contributed by atoms with E-state index >= 15 is 0 Å². The third kappa shape index (κ3) is 3.25. The van der Waals surface area contributed by atoms with Gasteiger partial charge >= 0.3 is 0 Å². The van der Waals surface area contributed by atoms with Gasteiger partial charge in [0.2, 0.25) is 0 Å². The third-order valence-corrected chi connectivity index (χ3v) is 3.74. The third-order valence-electron chi connectivity index (χ3n) is 2.83. The molecule has 0 spiro atoms. The van der Waals surface area contributed by atoms with Gasteiger partial charge in [-0.05, 0) is 22.0 Å². The van der Waals surface area contributed by atoms with E-state index in [4.69, 9.17) is 11.6 Å². The summed E-state index contributed by atoms with van der Waals surface area (Å²) >= 11 is 6.45. The maximum absolute atomic E-state index is 6.45. The Kier molecular flexibility index (Phi) is 3.74. The summed E-state index contributed by atoms with van der Waals surface area (Å²) in [5.41, 5.74) is 2.88. The molecule has 0 radical (unpaired) electrons. The van der Waals surface area contributed by atoms with Crippen LogP contribution in [0.3, 0.4) is 0 Å². The molecular formula is C15H23Cl. The average molecular weight is 239 g/mol. The van der Waals surface area contributed by atoms with Crippen molar-refractivity contribution in [2.45, 2.75) is 52.3 Å². The van der Waals surface area contributed by atoms with Gasteiger partial charge in [-0.25, -0.2) is 0 Å². The fourth-order valence-electron chi connectivity index (χ4n) is 1.65. The van der Waals surface area contributed by atoms with Crippen molar-refractivity contribution in [2.24, 2.45) is 5.41 Å². The SMILES string of the molecule is CC(C)(C)c1ccc(C(Cl)C(C)(C)C)cc1. The lowest BCUT2D eigenvalue weighted by Crippen LogP contribution is -2.14. The summed E-state index contributed by atoms with van der Waals surface area (Å²) in [6, 6.07) is 8.69. The quantitative estimate of drug-likeness (QED) is 0.582. The van der Waals surface area contributed by atoms with Gasteiger partial charge in [0.25, 0.3) is 0 Å². The van der Waals surface area contributed by atoms with Crippen molar-refractivity contribution in [1.82, 2.24) is 0 Å². The Morgan fingerprint density at radius 2 is 1.31 bits per heavy atom. The maximum atomic E-state index is 6.45. The van der Waals surface area contributed by atoms with Crippen LogP contribution in [-0.2, 0) is 5.41 Å². The van der Waals surface area contributed by atoms with E-state index in [0.29, 0.717) is 0 Å². The number of hydrogen-bond acceptors (Lipinski definition) is 0. The van der Waals surface area contributed by atoms with Crippen LogP contribution in [0.25, 0.3) is 0 Å². The minimum absolute atomic E-state index is 0.0709. The van der Waals surface area contributed by atoms with E-state index in [-0.39, 0.29) is 16.2 Å². The first-order chi connectivity index (χ1) is 7.12. The Bertz CT molecular complexity index is 335. The molecule has 90 valence electrons. The topological polar surface area (TPSA) is 0 Å².